The zero-order chi connectivity index (χ0) is 15.9. The summed E-state index contributed by atoms with van der Waals surface area (Å²) < 4.78 is 0. The van der Waals surface area contributed by atoms with Gasteiger partial charge in [0.05, 0.1) is 12.5 Å². The van der Waals surface area contributed by atoms with Crippen molar-refractivity contribution >= 4 is 28.6 Å². The lowest BCUT2D eigenvalue weighted by molar-refractivity contribution is -0.120. The molecule has 1 amide bonds. The molecule has 1 N–H and O–H groups in total. The molecule has 2 aromatic rings. The fourth-order valence-electron chi connectivity index (χ4n) is 3.17. The number of hydrogen-bond acceptors (Lipinski definition) is 4. The molecule has 3 nitrogen and oxygen atoms in total. The second-order valence-electron chi connectivity index (χ2n) is 6.08. The zero-order valence-electron chi connectivity index (χ0n) is 13.4. The SMILES string of the molecule is O=C(Cc1cccs1)NCC(c1ccsc1)N1CCCCCC1. The molecule has 0 bridgehead atoms. The number of amides is 1. The molecule has 3 heterocycles. The summed E-state index contributed by atoms with van der Waals surface area (Å²) in [5, 5.41) is 9.54. The average molecular weight is 349 g/mol. The van der Waals surface area contributed by atoms with Gasteiger partial charge in [-0.3, -0.25) is 9.69 Å². The quantitative estimate of drug-likeness (QED) is 0.853. The van der Waals surface area contributed by atoms with Gasteiger partial charge in [-0.1, -0.05) is 18.9 Å². The van der Waals surface area contributed by atoms with E-state index in [1.165, 1.54) is 31.2 Å². The van der Waals surface area contributed by atoms with Crippen LogP contribution in [0.2, 0.25) is 0 Å². The molecule has 0 spiro atoms. The van der Waals surface area contributed by atoms with Crippen molar-refractivity contribution in [3.05, 3.63) is 44.8 Å². The fourth-order valence-corrected chi connectivity index (χ4v) is 4.58. The van der Waals surface area contributed by atoms with E-state index in [0.717, 1.165) is 18.0 Å². The summed E-state index contributed by atoms with van der Waals surface area (Å²) in [5.41, 5.74) is 1.34. The Morgan fingerprint density at radius 3 is 2.65 bits per heavy atom. The smallest absolute Gasteiger partial charge is 0.225 e. The highest BCUT2D eigenvalue weighted by atomic mass is 32.1. The molecular weight excluding hydrogens is 324 g/mol. The summed E-state index contributed by atoms with van der Waals surface area (Å²) in [6.45, 7) is 2.99. The molecule has 5 heteroatoms. The molecule has 0 saturated carbocycles. The van der Waals surface area contributed by atoms with Crippen molar-refractivity contribution in [3.63, 3.8) is 0 Å². The third kappa shape index (κ3) is 4.90. The van der Waals surface area contributed by atoms with E-state index in [2.05, 4.69) is 27.0 Å². The molecule has 1 aliphatic heterocycles. The third-order valence-electron chi connectivity index (χ3n) is 4.42. The van der Waals surface area contributed by atoms with Gasteiger partial charge in [-0.15, -0.1) is 11.3 Å². The van der Waals surface area contributed by atoms with Crippen LogP contribution in [-0.2, 0) is 11.2 Å². The summed E-state index contributed by atoms with van der Waals surface area (Å²) >= 11 is 3.38. The van der Waals surface area contributed by atoms with Crippen LogP contribution in [0.1, 0.15) is 42.2 Å². The second-order valence-corrected chi connectivity index (χ2v) is 7.90. The highest BCUT2D eigenvalue weighted by molar-refractivity contribution is 7.10. The van der Waals surface area contributed by atoms with Crippen molar-refractivity contribution < 1.29 is 4.79 Å². The minimum Gasteiger partial charge on any atom is -0.354 e. The number of carbonyl (C=O) groups is 1. The van der Waals surface area contributed by atoms with Gasteiger partial charge in [-0.2, -0.15) is 11.3 Å². The maximum absolute atomic E-state index is 12.2. The lowest BCUT2D eigenvalue weighted by Crippen LogP contribution is -2.38. The highest BCUT2D eigenvalue weighted by Crippen LogP contribution is 2.25. The Morgan fingerprint density at radius 2 is 2.00 bits per heavy atom. The molecule has 1 aliphatic rings. The first-order valence-electron chi connectivity index (χ1n) is 8.38. The van der Waals surface area contributed by atoms with Gasteiger partial charge in [-0.05, 0) is 59.8 Å². The largest absolute Gasteiger partial charge is 0.354 e. The van der Waals surface area contributed by atoms with Gasteiger partial charge >= 0.3 is 0 Å². The topological polar surface area (TPSA) is 32.3 Å². The third-order valence-corrected chi connectivity index (χ3v) is 5.99. The zero-order valence-corrected chi connectivity index (χ0v) is 15.0. The van der Waals surface area contributed by atoms with Crippen LogP contribution in [0.25, 0.3) is 0 Å². The summed E-state index contributed by atoms with van der Waals surface area (Å²) in [6, 6.07) is 6.53. The predicted molar refractivity (Wildman–Crippen MR) is 98.1 cm³/mol. The van der Waals surface area contributed by atoms with Gasteiger partial charge in [0.25, 0.3) is 0 Å². The number of carbonyl (C=O) groups excluding carboxylic acids is 1. The molecule has 23 heavy (non-hydrogen) atoms. The molecular formula is C18H24N2OS2. The van der Waals surface area contributed by atoms with E-state index in [4.69, 9.17) is 0 Å². The summed E-state index contributed by atoms with van der Waals surface area (Å²) in [7, 11) is 0. The Morgan fingerprint density at radius 1 is 1.17 bits per heavy atom. The molecule has 0 aromatic carbocycles. The molecule has 0 aliphatic carbocycles. The van der Waals surface area contributed by atoms with Crippen molar-refractivity contribution in [2.45, 2.75) is 38.1 Å². The first-order chi connectivity index (χ1) is 11.3. The van der Waals surface area contributed by atoms with Crippen LogP contribution in [0, 0.1) is 0 Å². The molecule has 1 atom stereocenters. The van der Waals surface area contributed by atoms with E-state index in [1.54, 1.807) is 22.7 Å². The molecule has 2 aromatic heterocycles. The summed E-state index contributed by atoms with van der Waals surface area (Å²) in [5.74, 6) is 0.127. The first-order valence-corrected chi connectivity index (χ1v) is 10.2. The van der Waals surface area contributed by atoms with Crippen LogP contribution in [0.3, 0.4) is 0 Å². The number of thiophene rings is 2. The standard InChI is InChI=1S/C18H24N2OS2/c21-18(12-16-6-5-10-23-16)19-13-17(15-7-11-22-14-15)20-8-3-1-2-4-9-20/h5-7,10-11,14,17H,1-4,8-9,12-13H2,(H,19,21). The van der Waals surface area contributed by atoms with Gasteiger partial charge < -0.3 is 5.32 Å². The van der Waals surface area contributed by atoms with Gasteiger partial charge in [-0.25, -0.2) is 0 Å². The summed E-state index contributed by atoms with van der Waals surface area (Å²) in [6.07, 6.45) is 5.69. The van der Waals surface area contributed by atoms with Crippen LogP contribution >= 0.6 is 22.7 Å². The van der Waals surface area contributed by atoms with Crippen LogP contribution in [-0.4, -0.2) is 30.4 Å². The Kier molecular flexibility index (Phi) is 6.25. The van der Waals surface area contributed by atoms with E-state index >= 15 is 0 Å². The van der Waals surface area contributed by atoms with Crippen LogP contribution in [0.15, 0.2) is 34.3 Å². The highest BCUT2D eigenvalue weighted by Gasteiger charge is 2.22. The van der Waals surface area contributed by atoms with Crippen molar-refractivity contribution in [2.75, 3.05) is 19.6 Å². The first kappa shape index (κ1) is 16.7. The van der Waals surface area contributed by atoms with Crippen molar-refractivity contribution in [1.29, 1.82) is 0 Å². The molecule has 1 fully saturated rings. The average Bonchev–Trinajstić information content (AvgIpc) is 3.18. The van der Waals surface area contributed by atoms with E-state index in [0.29, 0.717) is 19.0 Å². The van der Waals surface area contributed by atoms with Crippen molar-refractivity contribution in [3.8, 4) is 0 Å². The number of nitrogens with one attached hydrogen (secondary N) is 1. The normalized spacial score (nSPS) is 17.6. The lowest BCUT2D eigenvalue weighted by atomic mass is 10.1. The maximum Gasteiger partial charge on any atom is 0.225 e. The molecule has 0 radical (unpaired) electrons. The number of hydrogen-bond donors (Lipinski definition) is 1. The van der Waals surface area contributed by atoms with Crippen LogP contribution in [0.5, 0.6) is 0 Å². The van der Waals surface area contributed by atoms with Gasteiger partial charge in [0, 0.05) is 11.4 Å². The van der Waals surface area contributed by atoms with E-state index in [-0.39, 0.29) is 5.91 Å². The van der Waals surface area contributed by atoms with E-state index in [9.17, 15) is 4.79 Å². The van der Waals surface area contributed by atoms with E-state index in [1.807, 2.05) is 17.5 Å². The minimum absolute atomic E-state index is 0.127. The fraction of sp³-hybridized carbons (Fsp3) is 0.500. The van der Waals surface area contributed by atoms with E-state index < -0.39 is 0 Å². The Balaban J connectivity index is 1.60. The van der Waals surface area contributed by atoms with Crippen LogP contribution in [0.4, 0.5) is 0 Å². The number of nitrogens with zero attached hydrogens (tertiary/aromatic N) is 1. The molecule has 1 saturated heterocycles. The van der Waals surface area contributed by atoms with Crippen LogP contribution < -0.4 is 5.32 Å². The minimum atomic E-state index is 0.127. The van der Waals surface area contributed by atoms with Crippen molar-refractivity contribution in [1.82, 2.24) is 10.2 Å². The Labute approximate surface area is 146 Å². The Hall–Kier alpha value is -1.17. The molecule has 3 rings (SSSR count). The van der Waals surface area contributed by atoms with Crippen molar-refractivity contribution in [2.24, 2.45) is 0 Å². The van der Waals surface area contributed by atoms with Gasteiger partial charge in [0.15, 0.2) is 0 Å². The number of likely N-dealkylation sites (tertiary alicyclic amines) is 1. The monoisotopic (exact) mass is 348 g/mol. The van der Waals surface area contributed by atoms with Gasteiger partial charge in [0.2, 0.25) is 5.91 Å². The molecule has 1 unspecified atom stereocenters. The summed E-state index contributed by atoms with van der Waals surface area (Å²) in [4.78, 5) is 15.9. The number of rotatable bonds is 6. The second kappa shape index (κ2) is 8.62. The predicted octanol–water partition coefficient (Wildman–Crippen LogP) is 4.09. The maximum atomic E-state index is 12.2. The Bertz CT molecular complexity index is 572. The molecule has 124 valence electrons. The lowest BCUT2D eigenvalue weighted by Gasteiger charge is -2.30. The van der Waals surface area contributed by atoms with Gasteiger partial charge in [0.1, 0.15) is 0 Å².